The van der Waals surface area contributed by atoms with Gasteiger partial charge < -0.3 is 8.83 Å². The fraction of sp³-hybridized carbons (Fsp3) is 0.174. The molecule has 0 saturated heterocycles. The van der Waals surface area contributed by atoms with Gasteiger partial charge in [0, 0.05) is 5.56 Å². The number of hydrogen-bond donors (Lipinski definition) is 0. The van der Waals surface area contributed by atoms with Crippen molar-refractivity contribution in [2.24, 2.45) is 0 Å². The quantitative estimate of drug-likeness (QED) is 0.291. The van der Waals surface area contributed by atoms with Gasteiger partial charge in [-0.15, -0.1) is 10.2 Å². The van der Waals surface area contributed by atoms with Crippen LogP contribution < -0.4 is 0 Å². The molecule has 4 aromatic rings. The van der Waals surface area contributed by atoms with Crippen molar-refractivity contribution in [2.45, 2.75) is 31.2 Å². The SMILES string of the molecule is Cc1ccc(C(=O)C(Sc2nnc(-c3ccoc3C)o2)c2ccc(C)cc2)cc1. The van der Waals surface area contributed by atoms with Crippen LogP contribution in [0.5, 0.6) is 0 Å². The van der Waals surface area contributed by atoms with Crippen LogP contribution in [0.25, 0.3) is 11.5 Å². The van der Waals surface area contributed by atoms with Gasteiger partial charge in [-0.25, -0.2) is 0 Å². The molecule has 0 fully saturated rings. The molecular formula is C23H20N2O3S. The van der Waals surface area contributed by atoms with E-state index in [0.29, 0.717) is 22.4 Å². The van der Waals surface area contributed by atoms with E-state index in [1.54, 1.807) is 12.3 Å². The van der Waals surface area contributed by atoms with Crippen molar-refractivity contribution in [1.29, 1.82) is 0 Å². The zero-order chi connectivity index (χ0) is 20.4. The minimum Gasteiger partial charge on any atom is -0.469 e. The van der Waals surface area contributed by atoms with Crippen LogP contribution in [0.2, 0.25) is 0 Å². The highest BCUT2D eigenvalue weighted by Gasteiger charge is 2.26. The Morgan fingerprint density at radius 2 is 1.55 bits per heavy atom. The molecule has 1 unspecified atom stereocenters. The lowest BCUT2D eigenvalue weighted by molar-refractivity contribution is 0.0989. The van der Waals surface area contributed by atoms with Crippen LogP contribution in [0.4, 0.5) is 0 Å². The van der Waals surface area contributed by atoms with E-state index in [2.05, 4.69) is 10.2 Å². The van der Waals surface area contributed by atoms with E-state index < -0.39 is 5.25 Å². The number of thioether (sulfide) groups is 1. The molecule has 2 aromatic heterocycles. The number of furan rings is 1. The maximum atomic E-state index is 13.3. The normalized spacial score (nSPS) is 12.1. The van der Waals surface area contributed by atoms with Crippen LogP contribution in [-0.2, 0) is 0 Å². The summed E-state index contributed by atoms with van der Waals surface area (Å²) in [6.45, 7) is 5.85. The van der Waals surface area contributed by atoms with Crippen molar-refractivity contribution in [3.8, 4) is 11.5 Å². The highest BCUT2D eigenvalue weighted by atomic mass is 32.2. The first-order chi connectivity index (χ1) is 14.0. The van der Waals surface area contributed by atoms with E-state index in [9.17, 15) is 4.79 Å². The maximum absolute atomic E-state index is 13.3. The number of hydrogen-bond acceptors (Lipinski definition) is 6. The fourth-order valence-corrected chi connectivity index (χ4v) is 3.91. The summed E-state index contributed by atoms with van der Waals surface area (Å²) in [7, 11) is 0. The highest BCUT2D eigenvalue weighted by molar-refractivity contribution is 8.00. The third-order valence-electron chi connectivity index (χ3n) is 4.67. The Bertz CT molecular complexity index is 1130. The van der Waals surface area contributed by atoms with Crippen LogP contribution >= 0.6 is 11.8 Å². The molecule has 29 heavy (non-hydrogen) atoms. The Kier molecular flexibility index (Phi) is 5.36. The Morgan fingerprint density at radius 1 is 0.897 bits per heavy atom. The van der Waals surface area contributed by atoms with Gasteiger partial charge in [0.2, 0.25) is 0 Å². The monoisotopic (exact) mass is 404 g/mol. The van der Waals surface area contributed by atoms with Gasteiger partial charge in [0.05, 0.1) is 11.8 Å². The second-order valence-corrected chi connectivity index (χ2v) is 7.96. The Hall–Kier alpha value is -3.12. The standard InChI is InChI=1S/C23H20N2O3S/c1-14-4-8-17(9-5-14)20(26)21(18-10-6-15(2)7-11-18)29-23-25-24-22(28-23)19-12-13-27-16(19)3/h4-13,21H,1-3H3. The van der Waals surface area contributed by atoms with Crippen molar-refractivity contribution >= 4 is 17.5 Å². The third kappa shape index (κ3) is 4.17. The van der Waals surface area contributed by atoms with Crippen molar-refractivity contribution < 1.29 is 13.6 Å². The number of ketones is 1. The number of carbonyl (C=O) groups is 1. The van der Waals surface area contributed by atoms with Crippen LogP contribution in [0, 0.1) is 20.8 Å². The molecule has 2 aromatic carbocycles. The predicted molar refractivity (Wildman–Crippen MR) is 112 cm³/mol. The van der Waals surface area contributed by atoms with E-state index in [-0.39, 0.29) is 5.78 Å². The molecule has 5 nitrogen and oxygen atoms in total. The maximum Gasteiger partial charge on any atom is 0.277 e. The van der Waals surface area contributed by atoms with E-state index in [0.717, 1.165) is 22.3 Å². The molecule has 0 spiro atoms. The van der Waals surface area contributed by atoms with E-state index in [1.807, 2.05) is 69.3 Å². The predicted octanol–water partition coefficient (Wildman–Crippen LogP) is 5.97. The lowest BCUT2D eigenvalue weighted by Crippen LogP contribution is -2.10. The molecule has 0 N–H and O–H groups in total. The first-order valence-corrected chi connectivity index (χ1v) is 10.1. The summed E-state index contributed by atoms with van der Waals surface area (Å²) in [6, 6.07) is 17.3. The van der Waals surface area contributed by atoms with E-state index in [4.69, 9.17) is 8.83 Å². The van der Waals surface area contributed by atoms with Crippen LogP contribution in [0.1, 0.15) is 38.1 Å². The topological polar surface area (TPSA) is 69.1 Å². The van der Waals surface area contributed by atoms with Gasteiger partial charge in [-0.05, 0) is 44.2 Å². The van der Waals surface area contributed by atoms with Gasteiger partial charge in [-0.2, -0.15) is 0 Å². The van der Waals surface area contributed by atoms with Crippen molar-refractivity contribution in [3.63, 3.8) is 0 Å². The number of aromatic nitrogens is 2. The minimum atomic E-state index is -0.489. The zero-order valence-corrected chi connectivity index (χ0v) is 17.2. The van der Waals surface area contributed by atoms with Crippen LogP contribution in [0.15, 0.2) is 74.9 Å². The highest BCUT2D eigenvalue weighted by Crippen LogP contribution is 2.38. The number of Topliss-reactive ketones (excluding diaryl/α,β-unsaturated/α-hetero) is 1. The Morgan fingerprint density at radius 3 is 2.17 bits per heavy atom. The van der Waals surface area contributed by atoms with Crippen molar-refractivity contribution in [2.75, 3.05) is 0 Å². The molecular weight excluding hydrogens is 384 g/mol. The average Bonchev–Trinajstić information content (AvgIpc) is 3.35. The summed E-state index contributed by atoms with van der Waals surface area (Å²) in [4.78, 5) is 13.3. The molecule has 1 atom stereocenters. The fourth-order valence-electron chi connectivity index (χ4n) is 2.96. The van der Waals surface area contributed by atoms with Gasteiger partial charge in [-0.1, -0.05) is 59.7 Å². The van der Waals surface area contributed by atoms with Crippen LogP contribution in [-0.4, -0.2) is 16.0 Å². The Balaban J connectivity index is 1.66. The van der Waals surface area contributed by atoms with E-state index in [1.165, 1.54) is 11.8 Å². The number of rotatable bonds is 6. The lowest BCUT2D eigenvalue weighted by Gasteiger charge is -2.14. The lowest BCUT2D eigenvalue weighted by atomic mass is 10.0. The molecule has 0 aliphatic carbocycles. The van der Waals surface area contributed by atoms with Crippen molar-refractivity contribution in [1.82, 2.24) is 10.2 Å². The summed E-state index contributed by atoms with van der Waals surface area (Å²) in [6.07, 6.45) is 1.58. The summed E-state index contributed by atoms with van der Waals surface area (Å²) in [5.74, 6) is 1.08. The van der Waals surface area contributed by atoms with Crippen molar-refractivity contribution in [3.05, 3.63) is 88.9 Å². The molecule has 4 rings (SSSR count). The smallest absolute Gasteiger partial charge is 0.277 e. The minimum absolute atomic E-state index is 0.00176. The average molecular weight is 404 g/mol. The summed E-state index contributed by atoms with van der Waals surface area (Å²) in [5.41, 5.74) is 4.54. The molecule has 0 aliphatic heterocycles. The summed E-state index contributed by atoms with van der Waals surface area (Å²) < 4.78 is 11.1. The second-order valence-electron chi connectivity index (χ2n) is 6.90. The number of nitrogens with zero attached hydrogens (tertiary/aromatic N) is 2. The molecule has 0 amide bonds. The zero-order valence-electron chi connectivity index (χ0n) is 16.4. The number of carbonyl (C=O) groups excluding carboxylic acids is 1. The number of benzene rings is 2. The van der Waals surface area contributed by atoms with Gasteiger partial charge >= 0.3 is 0 Å². The van der Waals surface area contributed by atoms with E-state index >= 15 is 0 Å². The molecule has 0 aliphatic rings. The van der Waals surface area contributed by atoms with Gasteiger partial charge in [-0.3, -0.25) is 4.79 Å². The molecule has 6 heteroatoms. The first-order valence-electron chi connectivity index (χ1n) is 9.23. The van der Waals surface area contributed by atoms with Gasteiger partial charge in [0.25, 0.3) is 11.1 Å². The van der Waals surface area contributed by atoms with Gasteiger partial charge in [0.15, 0.2) is 5.78 Å². The number of aryl methyl sites for hydroxylation is 3. The Labute approximate surface area is 173 Å². The largest absolute Gasteiger partial charge is 0.469 e. The third-order valence-corrected chi connectivity index (χ3v) is 5.76. The molecule has 146 valence electrons. The first kappa shape index (κ1) is 19.2. The van der Waals surface area contributed by atoms with Crippen LogP contribution in [0.3, 0.4) is 0 Å². The molecule has 0 radical (unpaired) electrons. The summed E-state index contributed by atoms with van der Waals surface area (Å²) in [5, 5.41) is 8.10. The summed E-state index contributed by atoms with van der Waals surface area (Å²) >= 11 is 1.26. The molecule has 2 heterocycles. The molecule has 0 bridgehead atoms. The second kappa shape index (κ2) is 8.09. The van der Waals surface area contributed by atoms with Gasteiger partial charge in [0.1, 0.15) is 11.0 Å². The molecule has 0 saturated carbocycles.